The highest BCUT2D eigenvalue weighted by Gasteiger charge is 2.08. The predicted molar refractivity (Wildman–Crippen MR) is 66.0 cm³/mol. The largest absolute Gasteiger partial charge is 0.313 e. The molecule has 2 rings (SSSR count). The Labute approximate surface area is 100 Å². The second-order valence-electron chi connectivity index (χ2n) is 3.97. The van der Waals surface area contributed by atoms with Gasteiger partial charge in [0, 0.05) is 25.4 Å². The van der Waals surface area contributed by atoms with Crippen molar-refractivity contribution in [1.82, 2.24) is 15.1 Å². The van der Waals surface area contributed by atoms with E-state index in [1.807, 2.05) is 32.3 Å². The Morgan fingerprint density at radius 3 is 2.82 bits per heavy atom. The molecular formula is C13H16FN3. The van der Waals surface area contributed by atoms with Gasteiger partial charge in [0.05, 0.1) is 5.69 Å². The van der Waals surface area contributed by atoms with Crippen molar-refractivity contribution >= 4 is 0 Å². The Balaban J connectivity index is 2.32. The molecule has 0 unspecified atom stereocenters. The van der Waals surface area contributed by atoms with E-state index in [-0.39, 0.29) is 5.82 Å². The summed E-state index contributed by atoms with van der Waals surface area (Å²) < 4.78 is 15.4. The zero-order valence-corrected chi connectivity index (χ0v) is 10.1. The van der Waals surface area contributed by atoms with E-state index < -0.39 is 0 Å². The molecule has 0 radical (unpaired) electrons. The molecule has 0 saturated heterocycles. The first kappa shape index (κ1) is 11.8. The van der Waals surface area contributed by atoms with E-state index in [0.29, 0.717) is 11.3 Å². The van der Waals surface area contributed by atoms with Crippen molar-refractivity contribution in [2.75, 3.05) is 6.54 Å². The minimum atomic E-state index is -0.232. The summed E-state index contributed by atoms with van der Waals surface area (Å²) in [6.45, 7) is 3.69. The quantitative estimate of drug-likeness (QED) is 0.878. The minimum absolute atomic E-state index is 0.232. The van der Waals surface area contributed by atoms with Crippen LogP contribution in [0, 0.1) is 5.82 Å². The Morgan fingerprint density at radius 1 is 1.35 bits per heavy atom. The number of nitrogens with zero attached hydrogens (tertiary/aromatic N) is 2. The number of aromatic nitrogens is 2. The lowest BCUT2D eigenvalue weighted by atomic mass is 10.1. The van der Waals surface area contributed by atoms with Crippen LogP contribution in [-0.4, -0.2) is 16.3 Å². The molecule has 17 heavy (non-hydrogen) atoms. The molecule has 0 fully saturated rings. The molecule has 0 aliphatic heterocycles. The van der Waals surface area contributed by atoms with Gasteiger partial charge in [-0.25, -0.2) is 4.39 Å². The molecule has 1 aromatic heterocycles. The van der Waals surface area contributed by atoms with Gasteiger partial charge in [0.15, 0.2) is 0 Å². The van der Waals surface area contributed by atoms with E-state index in [2.05, 4.69) is 10.4 Å². The highest BCUT2D eigenvalue weighted by molar-refractivity contribution is 5.60. The Bertz CT molecular complexity index is 505. The van der Waals surface area contributed by atoms with Gasteiger partial charge in [-0.2, -0.15) is 5.10 Å². The van der Waals surface area contributed by atoms with Crippen LogP contribution >= 0.6 is 0 Å². The lowest BCUT2D eigenvalue weighted by Crippen LogP contribution is -2.11. The average molecular weight is 233 g/mol. The minimum Gasteiger partial charge on any atom is -0.313 e. The van der Waals surface area contributed by atoms with E-state index in [4.69, 9.17) is 0 Å². The van der Waals surface area contributed by atoms with Gasteiger partial charge in [0.2, 0.25) is 0 Å². The summed E-state index contributed by atoms with van der Waals surface area (Å²) in [5.41, 5.74) is 2.29. The van der Waals surface area contributed by atoms with E-state index >= 15 is 0 Å². The fourth-order valence-electron chi connectivity index (χ4n) is 1.71. The molecule has 0 bridgehead atoms. The van der Waals surface area contributed by atoms with Gasteiger partial charge in [0.1, 0.15) is 5.82 Å². The van der Waals surface area contributed by atoms with E-state index in [0.717, 1.165) is 18.7 Å². The van der Waals surface area contributed by atoms with Crippen molar-refractivity contribution in [3.05, 3.63) is 41.8 Å². The molecule has 0 spiro atoms. The van der Waals surface area contributed by atoms with E-state index in [1.54, 1.807) is 10.7 Å². The van der Waals surface area contributed by atoms with Crippen LogP contribution in [0.15, 0.2) is 30.5 Å². The van der Waals surface area contributed by atoms with Gasteiger partial charge in [-0.1, -0.05) is 13.0 Å². The van der Waals surface area contributed by atoms with Gasteiger partial charge in [-0.05, 0) is 30.3 Å². The third-order valence-corrected chi connectivity index (χ3v) is 2.60. The van der Waals surface area contributed by atoms with Crippen LogP contribution in [0.1, 0.15) is 12.5 Å². The molecule has 1 aromatic carbocycles. The molecule has 0 amide bonds. The van der Waals surface area contributed by atoms with Gasteiger partial charge < -0.3 is 5.32 Å². The number of benzene rings is 1. The SMILES string of the molecule is CCNCc1ccc(F)c(-c2ccn(C)n2)c1. The Hall–Kier alpha value is -1.68. The van der Waals surface area contributed by atoms with Crippen LogP contribution in [0.2, 0.25) is 0 Å². The van der Waals surface area contributed by atoms with Crippen LogP contribution < -0.4 is 5.32 Å². The third kappa shape index (κ3) is 2.71. The fourth-order valence-corrected chi connectivity index (χ4v) is 1.71. The average Bonchev–Trinajstić information content (AvgIpc) is 2.75. The lowest BCUT2D eigenvalue weighted by molar-refractivity contribution is 0.627. The van der Waals surface area contributed by atoms with Crippen molar-refractivity contribution in [2.45, 2.75) is 13.5 Å². The molecule has 0 saturated carbocycles. The summed E-state index contributed by atoms with van der Waals surface area (Å²) in [7, 11) is 1.82. The number of nitrogens with one attached hydrogen (secondary N) is 1. The van der Waals surface area contributed by atoms with Crippen LogP contribution in [0.4, 0.5) is 4.39 Å². The number of hydrogen-bond donors (Lipinski definition) is 1. The molecule has 2 aromatic rings. The number of hydrogen-bond acceptors (Lipinski definition) is 2. The van der Waals surface area contributed by atoms with Crippen molar-refractivity contribution in [1.29, 1.82) is 0 Å². The maximum Gasteiger partial charge on any atom is 0.132 e. The van der Waals surface area contributed by atoms with Crippen LogP contribution in [0.3, 0.4) is 0 Å². The topological polar surface area (TPSA) is 29.9 Å². The third-order valence-electron chi connectivity index (χ3n) is 2.60. The Kier molecular flexibility index (Phi) is 3.54. The molecule has 90 valence electrons. The van der Waals surface area contributed by atoms with Gasteiger partial charge in [0.25, 0.3) is 0 Å². The molecule has 1 N–H and O–H groups in total. The summed E-state index contributed by atoms with van der Waals surface area (Å²) >= 11 is 0. The van der Waals surface area contributed by atoms with Crippen LogP contribution in [0.5, 0.6) is 0 Å². The van der Waals surface area contributed by atoms with Crippen molar-refractivity contribution in [2.24, 2.45) is 7.05 Å². The standard InChI is InChI=1S/C13H16FN3/c1-3-15-9-10-4-5-12(14)11(8-10)13-6-7-17(2)16-13/h4-8,15H,3,9H2,1-2H3. The summed E-state index contributed by atoms with van der Waals surface area (Å²) in [5.74, 6) is -0.232. The maximum atomic E-state index is 13.7. The van der Waals surface area contributed by atoms with Crippen LogP contribution in [0.25, 0.3) is 11.3 Å². The van der Waals surface area contributed by atoms with Gasteiger partial charge in [-0.3, -0.25) is 4.68 Å². The van der Waals surface area contributed by atoms with E-state index in [1.165, 1.54) is 6.07 Å². The normalized spacial score (nSPS) is 10.8. The molecule has 0 atom stereocenters. The van der Waals surface area contributed by atoms with Crippen molar-refractivity contribution in [3.8, 4) is 11.3 Å². The zero-order chi connectivity index (χ0) is 12.3. The number of rotatable bonds is 4. The summed E-state index contributed by atoms with van der Waals surface area (Å²) in [6, 6.07) is 6.96. The molecule has 1 heterocycles. The molecule has 0 aliphatic rings. The molecular weight excluding hydrogens is 217 g/mol. The fraction of sp³-hybridized carbons (Fsp3) is 0.308. The summed E-state index contributed by atoms with van der Waals surface area (Å²) in [6.07, 6.45) is 1.81. The van der Waals surface area contributed by atoms with Crippen molar-refractivity contribution in [3.63, 3.8) is 0 Å². The van der Waals surface area contributed by atoms with Crippen molar-refractivity contribution < 1.29 is 4.39 Å². The second kappa shape index (κ2) is 5.10. The Morgan fingerprint density at radius 2 is 2.18 bits per heavy atom. The number of aryl methyl sites for hydroxylation is 1. The second-order valence-corrected chi connectivity index (χ2v) is 3.97. The van der Waals surface area contributed by atoms with Gasteiger partial charge in [-0.15, -0.1) is 0 Å². The first-order chi connectivity index (χ1) is 8.20. The lowest BCUT2D eigenvalue weighted by Gasteiger charge is -2.05. The highest BCUT2D eigenvalue weighted by Crippen LogP contribution is 2.22. The zero-order valence-electron chi connectivity index (χ0n) is 10.1. The predicted octanol–water partition coefficient (Wildman–Crippen LogP) is 2.34. The first-order valence-corrected chi connectivity index (χ1v) is 5.70. The van der Waals surface area contributed by atoms with E-state index in [9.17, 15) is 4.39 Å². The highest BCUT2D eigenvalue weighted by atomic mass is 19.1. The number of halogens is 1. The molecule has 4 heteroatoms. The van der Waals surface area contributed by atoms with Crippen LogP contribution in [-0.2, 0) is 13.6 Å². The molecule has 0 aliphatic carbocycles. The first-order valence-electron chi connectivity index (χ1n) is 5.70. The maximum absolute atomic E-state index is 13.7. The summed E-state index contributed by atoms with van der Waals surface area (Å²) in [4.78, 5) is 0. The smallest absolute Gasteiger partial charge is 0.132 e. The summed E-state index contributed by atoms with van der Waals surface area (Å²) in [5, 5.41) is 7.44. The molecule has 3 nitrogen and oxygen atoms in total. The van der Waals surface area contributed by atoms with Gasteiger partial charge >= 0.3 is 0 Å². The monoisotopic (exact) mass is 233 g/mol.